The molecule has 7 nitrogen and oxygen atoms in total. The predicted molar refractivity (Wildman–Crippen MR) is 91.0 cm³/mol. The number of aromatic nitrogens is 4. The van der Waals surface area contributed by atoms with Gasteiger partial charge in [-0.05, 0) is 26.0 Å². The summed E-state index contributed by atoms with van der Waals surface area (Å²) in [4.78, 5) is 20.6. The molecule has 1 aromatic carbocycles. The first-order valence-corrected chi connectivity index (χ1v) is 7.69. The number of hydrogen-bond donors (Lipinski definition) is 1. The first kappa shape index (κ1) is 15.9. The van der Waals surface area contributed by atoms with E-state index in [2.05, 4.69) is 20.4 Å². The predicted octanol–water partition coefficient (Wildman–Crippen LogP) is 2.25. The Morgan fingerprint density at radius 2 is 2.04 bits per heavy atom. The van der Waals surface area contributed by atoms with Crippen LogP contribution in [0.3, 0.4) is 0 Å². The largest absolute Gasteiger partial charge is 0.460 e. The van der Waals surface area contributed by atoms with Crippen molar-refractivity contribution in [2.24, 2.45) is 7.05 Å². The van der Waals surface area contributed by atoms with Crippen molar-refractivity contribution in [2.75, 3.05) is 18.5 Å². The van der Waals surface area contributed by atoms with Gasteiger partial charge in [0.1, 0.15) is 24.3 Å². The maximum absolute atomic E-state index is 12.2. The molecule has 0 saturated heterocycles. The molecule has 2 heterocycles. The van der Waals surface area contributed by atoms with E-state index in [9.17, 15) is 4.79 Å². The van der Waals surface area contributed by atoms with Crippen LogP contribution < -0.4 is 5.32 Å². The van der Waals surface area contributed by atoms with Crippen LogP contribution >= 0.6 is 0 Å². The fourth-order valence-corrected chi connectivity index (χ4v) is 2.60. The molecule has 7 heteroatoms. The summed E-state index contributed by atoms with van der Waals surface area (Å²) in [5.74, 6) is 0.373. The SMILES string of the molecule is Cc1nn(C)c(C)c1C(=O)OCCNc1ncnc2ccccc12. The number of carbonyl (C=O) groups excluding carboxylic acids is 1. The normalized spacial score (nSPS) is 10.8. The van der Waals surface area contributed by atoms with Crippen LogP contribution in [0.4, 0.5) is 5.82 Å². The smallest absolute Gasteiger partial charge is 0.341 e. The van der Waals surface area contributed by atoms with Gasteiger partial charge >= 0.3 is 5.97 Å². The van der Waals surface area contributed by atoms with Crippen molar-refractivity contribution in [2.45, 2.75) is 13.8 Å². The minimum absolute atomic E-state index is 0.241. The Labute approximate surface area is 139 Å². The van der Waals surface area contributed by atoms with Gasteiger partial charge in [-0.3, -0.25) is 4.68 Å². The molecule has 0 saturated carbocycles. The average Bonchev–Trinajstić information content (AvgIpc) is 2.84. The van der Waals surface area contributed by atoms with Gasteiger partial charge in [0.05, 0.1) is 17.8 Å². The summed E-state index contributed by atoms with van der Waals surface area (Å²) in [6.45, 7) is 4.35. The van der Waals surface area contributed by atoms with Gasteiger partial charge in [-0.1, -0.05) is 12.1 Å². The third-order valence-electron chi connectivity index (χ3n) is 3.88. The van der Waals surface area contributed by atoms with E-state index in [0.717, 1.165) is 22.4 Å². The molecule has 0 amide bonds. The highest BCUT2D eigenvalue weighted by molar-refractivity contribution is 5.92. The molecule has 2 aromatic heterocycles. The summed E-state index contributed by atoms with van der Waals surface area (Å²) in [6, 6.07) is 7.74. The quantitative estimate of drug-likeness (QED) is 0.572. The summed E-state index contributed by atoms with van der Waals surface area (Å²) >= 11 is 0. The zero-order valence-electron chi connectivity index (χ0n) is 13.9. The van der Waals surface area contributed by atoms with Crippen LogP contribution in [0.5, 0.6) is 0 Å². The Bertz CT molecular complexity index is 883. The average molecular weight is 325 g/mol. The molecule has 24 heavy (non-hydrogen) atoms. The third-order valence-corrected chi connectivity index (χ3v) is 3.88. The number of para-hydroxylation sites is 1. The number of anilines is 1. The van der Waals surface area contributed by atoms with Crippen LogP contribution in [-0.4, -0.2) is 38.9 Å². The lowest BCUT2D eigenvalue weighted by Gasteiger charge is -2.09. The van der Waals surface area contributed by atoms with Gasteiger partial charge in [0.25, 0.3) is 0 Å². The molecule has 0 aliphatic heterocycles. The highest BCUT2D eigenvalue weighted by Gasteiger charge is 2.18. The van der Waals surface area contributed by atoms with Crippen LogP contribution in [0.15, 0.2) is 30.6 Å². The van der Waals surface area contributed by atoms with Crippen LogP contribution in [0.25, 0.3) is 10.9 Å². The Hall–Kier alpha value is -2.96. The minimum atomic E-state index is -0.354. The Balaban J connectivity index is 1.60. The summed E-state index contributed by atoms with van der Waals surface area (Å²) in [5.41, 5.74) is 2.88. The molecule has 1 N–H and O–H groups in total. The second-order valence-corrected chi connectivity index (χ2v) is 5.47. The third kappa shape index (κ3) is 3.05. The van der Waals surface area contributed by atoms with Gasteiger partial charge in [-0.25, -0.2) is 14.8 Å². The molecule has 124 valence electrons. The molecule has 0 bridgehead atoms. The molecule has 0 unspecified atom stereocenters. The van der Waals surface area contributed by atoms with E-state index in [4.69, 9.17) is 4.74 Å². The Kier molecular flexibility index (Phi) is 4.41. The number of nitrogens with zero attached hydrogens (tertiary/aromatic N) is 4. The van der Waals surface area contributed by atoms with Crippen molar-refractivity contribution in [3.8, 4) is 0 Å². The first-order chi connectivity index (χ1) is 11.6. The van der Waals surface area contributed by atoms with Crippen molar-refractivity contribution in [3.63, 3.8) is 0 Å². The van der Waals surface area contributed by atoms with Gasteiger partial charge in [0.2, 0.25) is 0 Å². The lowest BCUT2D eigenvalue weighted by molar-refractivity contribution is 0.0519. The molecule has 3 rings (SSSR count). The molecular formula is C17H19N5O2. The number of ether oxygens (including phenoxy) is 1. The zero-order chi connectivity index (χ0) is 17.1. The maximum Gasteiger partial charge on any atom is 0.341 e. The monoisotopic (exact) mass is 325 g/mol. The number of hydrogen-bond acceptors (Lipinski definition) is 6. The lowest BCUT2D eigenvalue weighted by atomic mass is 10.2. The number of carbonyl (C=O) groups is 1. The second kappa shape index (κ2) is 6.66. The van der Waals surface area contributed by atoms with E-state index in [-0.39, 0.29) is 12.6 Å². The second-order valence-electron chi connectivity index (χ2n) is 5.47. The highest BCUT2D eigenvalue weighted by atomic mass is 16.5. The standard InChI is InChI=1S/C17H19N5O2/c1-11-15(12(2)22(3)21-11)17(23)24-9-8-18-16-13-6-4-5-7-14(13)19-10-20-16/h4-7,10H,8-9H2,1-3H3,(H,18,19,20). The van der Waals surface area contributed by atoms with Gasteiger partial charge < -0.3 is 10.1 Å². The number of esters is 1. The molecule has 0 radical (unpaired) electrons. The number of nitrogens with one attached hydrogen (secondary N) is 1. The van der Waals surface area contributed by atoms with E-state index >= 15 is 0 Å². The Morgan fingerprint density at radius 3 is 2.79 bits per heavy atom. The Morgan fingerprint density at radius 1 is 1.25 bits per heavy atom. The number of rotatable bonds is 5. The fourth-order valence-electron chi connectivity index (χ4n) is 2.60. The molecule has 0 spiro atoms. The summed E-state index contributed by atoms with van der Waals surface area (Å²) in [5, 5.41) is 8.34. The highest BCUT2D eigenvalue weighted by Crippen LogP contribution is 2.18. The fraction of sp³-hybridized carbons (Fsp3) is 0.294. The molecule has 0 aliphatic carbocycles. The van der Waals surface area contributed by atoms with Gasteiger partial charge in [-0.15, -0.1) is 0 Å². The van der Waals surface area contributed by atoms with E-state index in [1.165, 1.54) is 6.33 Å². The minimum Gasteiger partial charge on any atom is -0.460 e. The van der Waals surface area contributed by atoms with Gasteiger partial charge in [-0.2, -0.15) is 5.10 Å². The zero-order valence-corrected chi connectivity index (χ0v) is 13.9. The van der Waals surface area contributed by atoms with Gasteiger partial charge in [0, 0.05) is 18.1 Å². The topological polar surface area (TPSA) is 81.9 Å². The number of benzene rings is 1. The van der Waals surface area contributed by atoms with E-state index in [1.807, 2.05) is 31.2 Å². The number of fused-ring (bicyclic) bond motifs is 1. The molecule has 0 atom stereocenters. The maximum atomic E-state index is 12.2. The molecular weight excluding hydrogens is 306 g/mol. The van der Waals surface area contributed by atoms with E-state index in [0.29, 0.717) is 17.8 Å². The van der Waals surface area contributed by atoms with Crippen LogP contribution in [0.1, 0.15) is 21.7 Å². The van der Waals surface area contributed by atoms with Crippen molar-refractivity contribution in [3.05, 3.63) is 47.5 Å². The first-order valence-electron chi connectivity index (χ1n) is 7.69. The van der Waals surface area contributed by atoms with Crippen LogP contribution in [0.2, 0.25) is 0 Å². The lowest BCUT2D eigenvalue weighted by Crippen LogP contribution is -2.15. The van der Waals surface area contributed by atoms with E-state index in [1.54, 1.807) is 18.7 Å². The van der Waals surface area contributed by atoms with Crippen molar-refractivity contribution in [1.29, 1.82) is 0 Å². The molecule has 0 fully saturated rings. The summed E-state index contributed by atoms with van der Waals surface area (Å²) in [6.07, 6.45) is 1.51. The number of aryl methyl sites for hydroxylation is 2. The van der Waals surface area contributed by atoms with E-state index < -0.39 is 0 Å². The van der Waals surface area contributed by atoms with Crippen molar-refractivity contribution in [1.82, 2.24) is 19.7 Å². The molecule has 3 aromatic rings. The van der Waals surface area contributed by atoms with Gasteiger partial charge in [0.15, 0.2) is 0 Å². The van der Waals surface area contributed by atoms with Crippen LogP contribution in [-0.2, 0) is 11.8 Å². The summed E-state index contributed by atoms with van der Waals surface area (Å²) in [7, 11) is 1.81. The van der Waals surface area contributed by atoms with Crippen molar-refractivity contribution < 1.29 is 9.53 Å². The van der Waals surface area contributed by atoms with Crippen molar-refractivity contribution >= 4 is 22.7 Å². The van der Waals surface area contributed by atoms with Crippen LogP contribution in [0, 0.1) is 13.8 Å². The molecule has 0 aliphatic rings. The summed E-state index contributed by atoms with van der Waals surface area (Å²) < 4.78 is 7.02.